The van der Waals surface area contributed by atoms with Gasteiger partial charge in [0.05, 0.1) is 18.6 Å². The third kappa shape index (κ3) is 4.91. The maximum atomic E-state index is 11.8. The maximum Gasteiger partial charge on any atom is 0.244 e. The number of carbonyl (C=O) groups excluding carboxylic acids is 1. The molecule has 110 valence electrons. The van der Waals surface area contributed by atoms with Crippen LogP contribution in [0.4, 0.5) is 0 Å². The number of amides is 1. The largest absolute Gasteiger partial charge is 0.347 e. The molecular formula is C17H21N3O. The van der Waals surface area contributed by atoms with Gasteiger partial charge in [0.25, 0.3) is 0 Å². The molecule has 0 radical (unpaired) electrons. The van der Waals surface area contributed by atoms with Crippen LogP contribution in [-0.4, -0.2) is 15.5 Å². The van der Waals surface area contributed by atoms with Gasteiger partial charge in [-0.1, -0.05) is 44.2 Å². The lowest BCUT2D eigenvalue weighted by atomic mass is 10.2. The van der Waals surface area contributed by atoms with Crippen LogP contribution in [0.1, 0.15) is 25.1 Å². The van der Waals surface area contributed by atoms with E-state index in [-0.39, 0.29) is 5.91 Å². The van der Waals surface area contributed by atoms with E-state index in [2.05, 4.69) is 28.7 Å². The highest BCUT2D eigenvalue weighted by atomic mass is 16.1. The van der Waals surface area contributed by atoms with Gasteiger partial charge in [-0.05, 0) is 17.6 Å². The van der Waals surface area contributed by atoms with Gasteiger partial charge in [0.2, 0.25) is 5.91 Å². The lowest BCUT2D eigenvalue weighted by Crippen LogP contribution is -2.22. The van der Waals surface area contributed by atoms with Gasteiger partial charge < -0.3 is 9.88 Å². The Hall–Kier alpha value is -2.36. The summed E-state index contributed by atoms with van der Waals surface area (Å²) in [4.78, 5) is 16.0. The molecule has 1 amide bonds. The Morgan fingerprint density at radius 2 is 2.10 bits per heavy atom. The molecule has 1 N–H and O–H groups in total. The molecule has 1 aromatic carbocycles. The Kier molecular flexibility index (Phi) is 5.32. The number of nitrogens with zero attached hydrogens (tertiary/aromatic N) is 2. The fraction of sp³-hybridized carbons (Fsp3) is 0.294. The SMILES string of the molecule is CC(C)Cn1cncc1CNC(=O)/C=C/c1ccccc1. The molecule has 2 rings (SSSR count). The summed E-state index contributed by atoms with van der Waals surface area (Å²) in [6.07, 6.45) is 6.96. The first-order valence-electron chi connectivity index (χ1n) is 7.15. The van der Waals surface area contributed by atoms with Crippen molar-refractivity contribution in [3.8, 4) is 0 Å². The second-order valence-corrected chi connectivity index (χ2v) is 5.39. The van der Waals surface area contributed by atoms with Crippen molar-refractivity contribution in [1.29, 1.82) is 0 Å². The zero-order valence-corrected chi connectivity index (χ0v) is 12.5. The highest BCUT2D eigenvalue weighted by Gasteiger charge is 2.04. The molecule has 0 saturated heterocycles. The molecule has 2 aromatic rings. The van der Waals surface area contributed by atoms with Gasteiger partial charge in [-0.2, -0.15) is 0 Å². The Morgan fingerprint density at radius 3 is 2.81 bits per heavy atom. The number of hydrogen-bond donors (Lipinski definition) is 1. The van der Waals surface area contributed by atoms with Crippen LogP contribution in [0.15, 0.2) is 48.9 Å². The van der Waals surface area contributed by atoms with Crippen molar-refractivity contribution >= 4 is 12.0 Å². The number of rotatable bonds is 6. The normalized spacial score (nSPS) is 11.2. The molecule has 0 unspecified atom stereocenters. The molecule has 0 aliphatic carbocycles. The molecule has 1 aromatic heterocycles. The van der Waals surface area contributed by atoms with E-state index in [0.717, 1.165) is 17.8 Å². The first kappa shape index (κ1) is 15.0. The predicted molar refractivity (Wildman–Crippen MR) is 84.4 cm³/mol. The summed E-state index contributed by atoms with van der Waals surface area (Å²) in [6.45, 7) is 5.71. The van der Waals surface area contributed by atoms with Gasteiger partial charge in [0, 0.05) is 18.8 Å². The summed E-state index contributed by atoms with van der Waals surface area (Å²) in [5.41, 5.74) is 2.03. The third-order valence-electron chi connectivity index (χ3n) is 3.03. The van der Waals surface area contributed by atoms with Gasteiger partial charge in [0.15, 0.2) is 0 Å². The fourth-order valence-corrected chi connectivity index (χ4v) is 2.03. The fourth-order valence-electron chi connectivity index (χ4n) is 2.03. The quantitative estimate of drug-likeness (QED) is 0.829. The van der Waals surface area contributed by atoms with Crippen LogP contribution in [0.3, 0.4) is 0 Å². The molecule has 0 saturated carbocycles. The van der Waals surface area contributed by atoms with Gasteiger partial charge in [0.1, 0.15) is 0 Å². The minimum absolute atomic E-state index is 0.101. The first-order chi connectivity index (χ1) is 10.1. The van der Waals surface area contributed by atoms with Crippen LogP contribution in [0, 0.1) is 5.92 Å². The average Bonchev–Trinajstić information content (AvgIpc) is 2.90. The number of nitrogens with one attached hydrogen (secondary N) is 1. The molecular weight excluding hydrogens is 262 g/mol. The number of carbonyl (C=O) groups is 1. The number of benzene rings is 1. The topological polar surface area (TPSA) is 46.9 Å². The van der Waals surface area contributed by atoms with Crippen LogP contribution in [0.2, 0.25) is 0 Å². The monoisotopic (exact) mass is 283 g/mol. The number of hydrogen-bond acceptors (Lipinski definition) is 2. The van der Waals surface area contributed by atoms with E-state index in [1.807, 2.05) is 30.3 Å². The summed E-state index contributed by atoms with van der Waals surface area (Å²) in [5.74, 6) is 0.447. The second-order valence-electron chi connectivity index (χ2n) is 5.39. The maximum absolute atomic E-state index is 11.8. The average molecular weight is 283 g/mol. The van der Waals surface area contributed by atoms with Gasteiger partial charge in [-0.3, -0.25) is 4.79 Å². The van der Waals surface area contributed by atoms with E-state index in [4.69, 9.17) is 0 Å². The van der Waals surface area contributed by atoms with Crippen LogP contribution in [0.5, 0.6) is 0 Å². The zero-order valence-electron chi connectivity index (χ0n) is 12.5. The molecule has 0 aliphatic heterocycles. The summed E-state index contributed by atoms with van der Waals surface area (Å²) >= 11 is 0. The smallest absolute Gasteiger partial charge is 0.244 e. The first-order valence-corrected chi connectivity index (χ1v) is 7.15. The van der Waals surface area contributed by atoms with E-state index in [9.17, 15) is 4.79 Å². The van der Waals surface area contributed by atoms with Crippen molar-refractivity contribution in [2.45, 2.75) is 26.9 Å². The molecule has 0 spiro atoms. The Bertz CT molecular complexity index is 600. The van der Waals surface area contributed by atoms with Gasteiger partial charge in [-0.25, -0.2) is 4.98 Å². The number of imidazole rings is 1. The van der Waals surface area contributed by atoms with Crippen LogP contribution in [-0.2, 0) is 17.9 Å². The molecule has 4 heteroatoms. The molecule has 0 bridgehead atoms. The minimum atomic E-state index is -0.101. The molecule has 21 heavy (non-hydrogen) atoms. The van der Waals surface area contributed by atoms with Crippen molar-refractivity contribution in [1.82, 2.24) is 14.9 Å². The van der Waals surface area contributed by atoms with Crippen molar-refractivity contribution < 1.29 is 4.79 Å². The van der Waals surface area contributed by atoms with Gasteiger partial charge >= 0.3 is 0 Å². The molecule has 0 atom stereocenters. The molecule has 1 heterocycles. The Balaban J connectivity index is 1.87. The third-order valence-corrected chi connectivity index (χ3v) is 3.03. The van der Waals surface area contributed by atoms with Crippen molar-refractivity contribution in [3.63, 3.8) is 0 Å². The summed E-state index contributed by atoms with van der Waals surface area (Å²) < 4.78 is 2.08. The van der Waals surface area contributed by atoms with E-state index >= 15 is 0 Å². The number of aromatic nitrogens is 2. The van der Waals surface area contributed by atoms with Crippen LogP contribution in [0.25, 0.3) is 6.08 Å². The second kappa shape index (κ2) is 7.43. The summed E-state index contributed by atoms with van der Waals surface area (Å²) in [5, 5.41) is 2.88. The molecule has 0 aliphatic rings. The summed E-state index contributed by atoms with van der Waals surface area (Å²) in [7, 11) is 0. The van der Waals surface area contributed by atoms with E-state index in [0.29, 0.717) is 12.5 Å². The minimum Gasteiger partial charge on any atom is -0.347 e. The molecule has 0 fully saturated rings. The zero-order chi connectivity index (χ0) is 15.1. The summed E-state index contributed by atoms with van der Waals surface area (Å²) in [6, 6.07) is 9.76. The highest BCUT2D eigenvalue weighted by Crippen LogP contribution is 2.05. The van der Waals surface area contributed by atoms with E-state index in [1.165, 1.54) is 0 Å². The van der Waals surface area contributed by atoms with Crippen molar-refractivity contribution in [2.75, 3.05) is 0 Å². The lowest BCUT2D eigenvalue weighted by molar-refractivity contribution is -0.116. The van der Waals surface area contributed by atoms with Crippen LogP contribution >= 0.6 is 0 Å². The van der Waals surface area contributed by atoms with Gasteiger partial charge in [-0.15, -0.1) is 0 Å². The Labute approximate surface area is 125 Å². The molecule has 4 nitrogen and oxygen atoms in total. The highest BCUT2D eigenvalue weighted by molar-refractivity contribution is 5.91. The standard InChI is InChI=1S/C17H21N3O/c1-14(2)12-20-13-18-10-16(20)11-19-17(21)9-8-15-6-4-3-5-7-15/h3-10,13-14H,11-12H2,1-2H3,(H,19,21)/b9-8+. The van der Waals surface area contributed by atoms with Crippen LogP contribution < -0.4 is 5.32 Å². The predicted octanol–water partition coefficient (Wildman–Crippen LogP) is 2.87. The van der Waals surface area contributed by atoms with Crippen molar-refractivity contribution in [2.24, 2.45) is 5.92 Å². The Morgan fingerprint density at radius 1 is 1.33 bits per heavy atom. The lowest BCUT2D eigenvalue weighted by Gasteiger charge is -2.10. The van der Waals surface area contributed by atoms with E-state index in [1.54, 1.807) is 24.7 Å². The van der Waals surface area contributed by atoms with Crippen molar-refractivity contribution in [3.05, 3.63) is 60.2 Å². The van der Waals surface area contributed by atoms with E-state index < -0.39 is 0 Å².